The lowest BCUT2D eigenvalue weighted by Gasteiger charge is -2.30. The Labute approximate surface area is 217 Å². The quantitative estimate of drug-likeness (QED) is 0.302. The summed E-state index contributed by atoms with van der Waals surface area (Å²) in [5.74, 6) is 0.0327. The summed E-state index contributed by atoms with van der Waals surface area (Å²) in [4.78, 5) is 25.3. The summed E-state index contributed by atoms with van der Waals surface area (Å²) in [5, 5.41) is 6.50. The number of amides is 1. The van der Waals surface area contributed by atoms with E-state index in [0.717, 1.165) is 10.0 Å². The molecule has 0 radical (unpaired) electrons. The van der Waals surface area contributed by atoms with Crippen LogP contribution in [-0.2, 0) is 14.3 Å². The molecule has 7 nitrogen and oxygen atoms in total. The number of ether oxygens (including phenoxy) is 3. The van der Waals surface area contributed by atoms with Crippen molar-refractivity contribution in [2.24, 2.45) is 0 Å². The molecule has 2 N–H and O–H groups in total. The molecule has 0 bridgehead atoms. The summed E-state index contributed by atoms with van der Waals surface area (Å²) in [6.45, 7) is 1.83. The normalized spacial score (nSPS) is 12.3. The van der Waals surface area contributed by atoms with Crippen molar-refractivity contribution >= 4 is 45.3 Å². The van der Waals surface area contributed by atoms with Crippen LogP contribution in [0.15, 0.2) is 71.2 Å². The molecular weight excluding hydrogens is 536 g/mol. The highest BCUT2D eigenvalue weighted by atomic mass is 79.9. The first kappa shape index (κ1) is 26.4. The van der Waals surface area contributed by atoms with Crippen LogP contribution in [0.1, 0.15) is 18.5 Å². The number of halogens is 2. The molecule has 0 heterocycles. The summed E-state index contributed by atoms with van der Waals surface area (Å²) < 4.78 is 16.3. The molecule has 0 saturated carbocycles. The van der Waals surface area contributed by atoms with Crippen molar-refractivity contribution in [2.75, 3.05) is 26.1 Å². The van der Waals surface area contributed by atoms with Gasteiger partial charge in [0.2, 0.25) is 0 Å². The lowest BCUT2D eigenvalue weighted by atomic mass is 9.90. The number of alkyl carbamates (subject to hydrolysis) is 1. The molecule has 0 aliphatic rings. The van der Waals surface area contributed by atoms with Gasteiger partial charge in [0.15, 0.2) is 6.04 Å². The smallest absolute Gasteiger partial charge is 0.407 e. The highest BCUT2D eigenvalue weighted by Crippen LogP contribution is 2.38. The minimum absolute atomic E-state index is 0.150. The maximum absolute atomic E-state index is 12.9. The molecule has 0 fully saturated rings. The molecule has 3 rings (SSSR count). The zero-order valence-corrected chi connectivity index (χ0v) is 21.9. The van der Waals surface area contributed by atoms with Gasteiger partial charge in [-0.05, 0) is 60.5 Å². The fourth-order valence-electron chi connectivity index (χ4n) is 3.63. The standard InChI is InChI=1S/C26H26BrClN2O5/c1-4-35-26(32)30-24(25(31)34-3)23(29-18-12-14-19(33-2)15-13-18)20-6-5-7-21(28)22(20)16-8-10-17(27)11-9-16/h5-15,23-24,29H,4H2,1-3H3,(H,30,32). The minimum Gasteiger partial charge on any atom is -0.497 e. The first-order valence-electron chi connectivity index (χ1n) is 10.8. The number of hydrogen-bond acceptors (Lipinski definition) is 6. The maximum atomic E-state index is 12.9. The molecule has 0 spiro atoms. The van der Waals surface area contributed by atoms with E-state index in [-0.39, 0.29) is 6.61 Å². The monoisotopic (exact) mass is 560 g/mol. The zero-order valence-electron chi connectivity index (χ0n) is 19.5. The van der Waals surface area contributed by atoms with Crippen molar-refractivity contribution in [3.63, 3.8) is 0 Å². The molecule has 0 aromatic heterocycles. The highest BCUT2D eigenvalue weighted by Gasteiger charge is 2.34. The minimum atomic E-state index is -1.13. The number of anilines is 1. The van der Waals surface area contributed by atoms with Crippen molar-refractivity contribution in [1.82, 2.24) is 5.32 Å². The number of hydrogen-bond donors (Lipinski definition) is 2. The van der Waals surface area contributed by atoms with E-state index >= 15 is 0 Å². The average molecular weight is 562 g/mol. The zero-order chi connectivity index (χ0) is 25.4. The number of carbonyl (C=O) groups is 2. The van der Waals surface area contributed by atoms with Crippen LogP contribution in [0.3, 0.4) is 0 Å². The Kier molecular flexibility index (Phi) is 9.39. The van der Waals surface area contributed by atoms with Gasteiger partial charge >= 0.3 is 12.1 Å². The van der Waals surface area contributed by atoms with Gasteiger partial charge in [-0.2, -0.15) is 0 Å². The van der Waals surface area contributed by atoms with Crippen LogP contribution < -0.4 is 15.4 Å². The van der Waals surface area contributed by atoms with E-state index in [1.165, 1.54) is 7.11 Å². The molecule has 9 heteroatoms. The van der Waals surface area contributed by atoms with E-state index in [9.17, 15) is 9.59 Å². The molecule has 1 amide bonds. The Balaban J connectivity index is 2.16. The molecule has 0 aliphatic carbocycles. The molecule has 2 unspecified atom stereocenters. The molecule has 3 aromatic carbocycles. The lowest BCUT2D eigenvalue weighted by molar-refractivity contribution is -0.143. The summed E-state index contributed by atoms with van der Waals surface area (Å²) >= 11 is 10.1. The lowest BCUT2D eigenvalue weighted by Crippen LogP contribution is -2.48. The van der Waals surface area contributed by atoms with Crippen molar-refractivity contribution in [1.29, 1.82) is 0 Å². The van der Waals surface area contributed by atoms with Gasteiger partial charge in [0.1, 0.15) is 5.75 Å². The Morgan fingerprint density at radius 3 is 2.29 bits per heavy atom. The first-order valence-corrected chi connectivity index (χ1v) is 12.0. The number of nitrogens with one attached hydrogen (secondary N) is 2. The number of carbonyl (C=O) groups excluding carboxylic acids is 2. The number of rotatable bonds is 9. The second-order valence-corrected chi connectivity index (χ2v) is 8.75. The van der Waals surface area contributed by atoms with Crippen molar-refractivity contribution < 1.29 is 23.8 Å². The Bertz CT molecular complexity index is 1160. The molecule has 35 heavy (non-hydrogen) atoms. The van der Waals surface area contributed by atoms with Gasteiger partial charge in [-0.25, -0.2) is 9.59 Å². The first-order chi connectivity index (χ1) is 16.9. The fraction of sp³-hybridized carbons (Fsp3) is 0.231. The average Bonchev–Trinajstić information content (AvgIpc) is 2.87. The number of methoxy groups -OCH3 is 2. The largest absolute Gasteiger partial charge is 0.497 e. The second kappa shape index (κ2) is 12.5. The third-order valence-electron chi connectivity index (χ3n) is 5.26. The predicted octanol–water partition coefficient (Wildman–Crippen LogP) is 6.22. The molecular formula is C26H26BrClN2O5. The van der Waals surface area contributed by atoms with Gasteiger partial charge in [-0.1, -0.05) is 51.8 Å². The van der Waals surface area contributed by atoms with E-state index < -0.39 is 24.1 Å². The third kappa shape index (κ3) is 6.68. The topological polar surface area (TPSA) is 85.9 Å². The van der Waals surface area contributed by atoms with Crippen molar-refractivity contribution in [3.8, 4) is 16.9 Å². The number of esters is 1. The van der Waals surface area contributed by atoms with E-state index in [0.29, 0.717) is 27.6 Å². The Hall–Kier alpha value is -3.23. The Morgan fingerprint density at radius 1 is 1.00 bits per heavy atom. The van der Waals surface area contributed by atoms with Gasteiger partial charge in [-0.15, -0.1) is 0 Å². The summed E-state index contributed by atoms with van der Waals surface area (Å²) in [6.07, 6.45) is -0.739. The second-order valence-electron chi connectivity index (χ2n) is 7.43. The van der Waals surface area contributed by atoms with Crippen molar-refractivity contribution in [2.45, 2.75) is 19.0 Å². The van der Waals surface area contributed by atoms with Crippen LogP contribution in [0.4, 0.5) is 10.5 Å². The van der Waals surface area contributed by atoms with Gasteiger partial charge in [0.25, 0.3) is 0 Å². The third-order valence-corrected chi connectivity index (χ3v) is 6.11. The summed E-state index contributed by atoms with van der Waals surface area (Å²) in [5.41, 5.74) is 2.93. The molecule has 0 saturated heterocycles. The molecule has 3 aromatic rings. The van der Waals surface area contributed by atoms with E-state index in [4.69, 9.17) is 25.8 Å². The Morgan fingerprint density at radius 2 is 1.69 bits per heavy atom. The van der Waals surface area contributed by atoms with Gasteiger partial charge in [0.05, 0.1) is 26.9 Å². The van der Waals surface area contributed by atoms with Crippen molar-refractivity contribution in [3.05, 3.63) is 81.8 Å². The molecule has 0 aliphatic heterocycles. The van der Waals surface area contributed by atoms with E-state index in [2.05, 4.69) is 26.6 Å². The molecule has 184 valence electrons. The van der Waals surface area contributed by atoms with Crippen LogP contribution >= 0.6 is 27.5 Å². The van der Waals surface area contributed by atoms with Crippen LogP contribution in [-0.4, -0.2) is 38.9 Å². The summed E-state index contributed by atoms with van der Waals surface area (Å²) in [7, 11) is 2.85. The van der Waals surface area contributed by atoms with E-state index in [1.54, 1.807) is 38.3 Å². The highest BCUT2D eigenvalue weighted by molar-refractivity contribution is 9.10. The van der Waals surface area contributed by atoms with E-state index in [1.807, 2.05) is 42.5 Å². The predicted molar refractivity (Wildman–Crippen MR) is 140 cm³/mol. The van der Waals surface area contributed by atoms with Crippen LogP contribution in [0.25, 0.3) is 11.1 Å². The van der Waals surface area contributed by atoms with Crippen LogP contribution in [0.5, 0.6) is 5.75 Å². The van der Waals surface area contributed by atoms with Crippen LogP contribution in [0, 0.1) is 0 Å². The van der Waals surface area contributed by atoms with Gasteiger partial charge < -0.3 is 24.8 Å². The maximum Gasteiger partial charge on any atom is 0.407 e. The fourth-order valence-corrected chi connectivity index (χ4v) is 4.19. The van der Waals surface area contributed by atoms with Crippen LogP contribution in [0.2, 0.25) is 5.02 Å². The van der Waals surface area contributed by atoms with Gasteiger partial charge in [-0.3, -0.25) is 0 Å². The SMILES string of the molecule is CCOC(=O)NC(C(=O)OC)C(Nc1ccc(OC)cc1)c1cccc(Cl)c1-c1ccc(Br)cc1. The molecule has 2 atom stereocenters. The summed E-state index contributed by atoms with van der Waals surface area (Å²) in [6, 6.07) is 18.4. The van der Waals surface area contributed by atoms with Gasteiger partial charge in [0, 0.05) is 20.7 Å². The number of benzene rings is 3.